The van der Waals surface area contributed by atoms with Crippen molar-refractivity contribution >= 4 is 6.08 Å². The molecule has 0 fully saturated rings. The van der Waals surface area contributed by atoms with E-state index in [1.165, 1.54) is 16.8 Å². The number of hydrogen-bond acceptors (Lipinski definition) is 1. The molecule has 16 heavy (non-hydrogen) atoms. The zero-order chi connectivity index (χ0) is 12.0. The monoisotopic (exact) mass is 215 g/mol. The smallest absolute Gasteiger partial charge is 0.0466 e. The van der Waals surface area contributed by atoms with Gasteiger partial charge in [-0.2, -0.15) is 0 Å². The van der Waals surface area contributed by atoms with E-state index in [0.717, 1.165) is 6.42 Å². The van der Waals surface area contributed by atoms with Crippen molar-refractivity contribution in [1.29, 1.82) is 0 Å². The number of nitrogens with zero attached hydrogens (tertiary/aromatic N) is 1. The summed E-state index contributed by atoms with van der Waals surface area (Å²) in [4.78, 5) is 4.49. The average molecular weight is 215 g/mol. The van der Waals surface area contributed by atoms with Crippen LogP contribution >= 0.6 is 0 Å². The summed E-state index contributed by atoms with van der Waals surface area (Å²) in [5.74, 6) is 0.537. The highest BCUT2D eigenvalue weighted by molar-refractivity contribution is 5.55. The van der Waals surface area contributed by atoms with Gasteiger partial charge in [0, 0.05) is 11.9 Å². The molecule has 0 aliphatic rings. The van der Waals surface area contributed by atoms with Crippen LogP contribution in [-0.2, 0) is 0 Å². The minimum absolute atomic E-state index is 0.537. The predicted octanol–water partition coefficient (Wildman–Crippen LogP) is 4.49. The number of aromatic nitrogens is 1. The third-order valence-corrected chi connectivity index (χ3v) is 2.94. The molecule has 0 saturated heterocycles. The van der Waals surface area contributed by atoms with E-state index in [1.54, 1.807) is 0 Å². The molecular formula is C15H21N. The lowest BCUT2D eigenvalue weighted by molar-refractivity contribution is 0.701. The quantitative estimate of drug-likeness (QED) is 0.674. The van der Waals surface area contributed by atoms with Crippen molar-refractivity contribution in [2.45, 2.75) is 40.0 Å². The number of hydrogen-bond donors (Lipinski definition) is 0. The Morgan fingerprint density at radius 2 is 2.12 bits per heavy atom. The standard InChI is InChI=1S/C15H21N/c1-5-7-8-9-14-10-11-16-15(13(14)4)12(3)6-2/h5,7-12H,6H2,1-4H3/b7-5-,9-8-. The molecule has 1 rings (SSSR count). The van der Waals surface area contributed by atoms with E-state index < -0.39 is 0 Å². The molecule has 1 unspecified atom stereocenters. The minimum atomic E-state index is 0.537. The molecule has 1 heterocycles. The fourth-order valence-corrected chi connectivity index (χ4v) is 1.71. The summed E-state index contributed by atoms with van der Waals surface area (Å²) >= 11 is 0. The lowest BCUT2D eigenvalue weighted by Gasteiger charge is -2.12. The first-order chi connectivity index (χ1) is 7.70. The second-order valence-electron chi connectivity index (χ2n) is 4.10. The van der Waals surface area contributed by atoms with Crippen molar-refractivity contribution in [3.05, 3.63) is 47.3 Å². The van der Waals surface area contributed by atoms with Crippen LogP contribution in [-0.4, -0.2) is 4.98 Å². The minimum Gasteiger partial charge on any atom is -0.261 e. The van der Waals surface area contributed by atoms with E-state index >= 15 is 0 Å². The molecular weight excluding hydrogens is 194 g/mol. The van der Waals surface area contributed by atoms with Gasteiger partial charge in [0.15, 0.2) is 0 Å². The first-order valence-electron chi connectivity index (χ1n) is 5.95. The van der Waals surface area contributed by atoms with Crippen molar-refractivity contribution in [3.8, 4) is 0 Å². The maximum absolute atomic E-state index is 4.49. The van der Waals surface area contributed by atoms with Crippen LogP contribution in [0.3, 0.4) is 0 Å². The average Bonchev–Trinajstić information content (AvgIpc) is 2.30. The van der Waals surface area contributed by atoms with Crippen LogP contribution < -0.4 is 0 Å². The molecule has 1 atom stereocenters. The van der Waals surface area contributed by atoms with Gasteiger partial charge in [-0.3, -0.25) is 4.98 Å². The third kappa shape index (κ3) is 3.06. The highest BCUT2D eigenvalue weighted by Gasteiger charge is 2.09. The highest BCUT2D eigenvalue weighted by Crippen LogP contribution is 2.22. The van der Waals surface area contributed by atoms with Crippen LogP contribution in [0.25, 0.3) is 6.08 Å². The molecule has 0 N–H and O–H groups in total. The van der Waals surface area contributed by atoms with E-state index in [-0.39, 0.29) is 0 Å². The maximum atomic E-state index is 4.49. The topological polar surface area (TPSA) is 12.9 Å². The van der Waals surface area contributed by atoms with Crippen LogP contribution in [0, 0.1) is 6.92 Å². The summed E-state index contributed by atoms with van der Waals surface area (Å²) in [5.41, 5.74) is 3.80. The Labute approximate surface area is 98.9 Å². The fourth-order valence-electron chi connectivity index (χ4n) is 1.71. The number of rotatable bonds is 4. The van der Waals surface area contributed by atoms with Gasteiger partial charge in [0.2, 0.25) is 0 Å². The van der Waals surface area contributed by atoms with E-state index in [4.69, 9.17) is 0 Å². The van der Waals surface area contributed by atoms with Gasteiger partial charge in [-0.25, -0.2) is 0 Å². The second-order valence-corrected chi connectivity index (χ2v) is 4.10. The van der Waals surface area contributed by atoms with Crippen LogP contribution in [0.5, 0.6) is 0 Å². The highest BCUT2D eigenvalue weighted by atomic mass is 14.7. The molecule has 0 aliphatic carbocycles. The zero-order valence-electron chi connectivity index (χ0n) is 10.7. The van der Waals surface area contributed by atoms with Gasteiger partial charge in [-0.1, -0.05) is 38.2 Å². The van der Waals surface area contributed by atoms with Gasteiger partial charge >= 0.3 is 0 Å². The molecule has 0 radical (unpaired) electrons. The van der Waals surface area contributed by atoms with E-state index in [2.05, 4.69) is 44.0 Å². The molecule has 0 saturated carbocycles. The van der Waals surface area contributed by atoms with E-state index in [9.17, 15) is 0 Å². The normalized spacial score (nSPS) is 13.8. The summed E-state index contributed by atoms with van der Waals surface area (Å²) in [6.07, 6.45) is 11.3. The molecule has 0 spiro atoms. The summed E-state index contributed by atoms with van der Waals surface area (Å²) in [7, 11) is 0. The Bertz CT molecular complexity index is 388. The van der Waals surface area contributed by atoms with Gasteiger partial charge in [0.1, 0.15) is 0 Å². The lowest BCUT2D eigenvalue weighted by Crippen LogP contribution is -2.00. The molecule has 1 aromatic rings. The molecule has 1 aromatic heterocycles. The Morgan fingerprint density at radius 1 is 1.38 bits per heavy atom. The molecule has 0 bridgehead atoms. The van der Waals surface area contributed by atoms with Crippen molar-refractivity contribution < 1.29 is 0 Å². The maximum Gasteiger partial charge on any atom is 0.0466 e. The van der Waals surface area contributed by atoms with Gasteiger partial charge in [-0.05, 0) is 43.4 Å². The van der Waals surface area contributed by atoms with Crippen molar-refractivity contribution in [2.75, 3.05) is 0 Å². The zero-order valence-corrected chi connectivity index (χ0v) is 10.7. The molecule has 1 heteroatoms. The van der Waals surface area contributed by atoms with Gasteiger partial charge in [0.05, 0.1) is 0 Å². The fraction of sp³-hybridized carbons (Fsp3) is 0.400. The number of pyridine rings is 1. The summed E-state index contributed by atoms with van der Waals surface area (Å²) in [6, 6.07) is 2.07. The van der Waals surface area contributed by atoms with Crippen molar-refractivity contribution in [1.82, 2.24) is 4.98 Å². The van der Waals surface area contributed by atoms with Crippen LogP contribution in [0.2, 0.25) is 0 Å². The Hall–Kier alpha value is -1.37. The van der Waals surface area contributed by atoms with Gasteiger partial charge in [-0.15, -0.1) is 0 Å². The molecule has 0 aliphatic heterocycles. The van der Waals surface area contributed by atoms with Crippen LogP contribution in [0.4, 0.5) is 0 Å². The first-order valence-corrected chi connectivity index (χ1v) is 5.95. The second kappa shape index (κ2) is 6.26. The predicted molar refractivity (Wildman–Crippen MR) is 71.5 cm³/mol. The Morgan fingerprint density at radius 3 is 2.75 bits per heavy atom. The van der Waals surface area contributed by atoms with Crippen LogP contribution in [0.15, 0.2) is 30.5 Å². The number of allylic oxidation sites excluding steroid dienone is 3. The van der Waals surface area contributed by atoms with E-state index in [1.807, 2.05) is 25.3 Å². The van der Waals surface area contributed by atoms with Gasteiger partial charge < -0.3 is 0 Å². The largest absolute Gasteiger partial charge is 0.261 e. The summed E-state index contributed by atoms with van der Waals surface area (Å²) < 4.78 is 0. The third-order valence-electron chi connectivity index (χ3n) is 2.94. The van der Waals surface area contributed by atoms with Crippen LogP contribution in [0.1, 0.15) is 49.9 Å². The molecule has 1 nitrogen and oxygen atoms in total. The van der Waals surface area contributed by atoms with E-state index in [0.29, 0.717) is 5.92 Å². The first kappa shape index (κ1) is 12.7. The summed E-state index contributed by atoms with van der Waals surface area (Å²) in [5, 5.41) is 0. The molecule has 0 amide bonds. The Balaban J connectivity index is 3.03. The van der Waals surface area contributed by atoms with Crippen molar-refractivity contribution in [3.63, 3.8) is 0 Å². The summed E-state index contributed by atoms with van der Waals surface area (Å²) in [6.45, 7) is 8.61. The Kier molecular flexibility index (Phi) is 4.97. The SMILES string of the molecule is C/C=C\C=C/c1ccnc(C(C)CC)c1C. The van der Waals surface area contributed by atoms with Crippen molar-refractivity contribution in [2.24, 2.45) is 0 Å². The lowest BCUT2D eigenvalue weighted by atomic mass is 9.97. The molecule has 86 valence electrons. The molecule has 0 aromatic carbocycles. The van der Waals surface area contributed by atoms with Gasteiger partial charge in [0.25, 0.3) is 0 Å².